The van der Waals surface area contributed by atoms with E-state index in [-0.39, 0.29) is 17.5 Å². The molecule has 6 rings (SSSR count). The van der Waals surface area contributed by atoms with E-state index in [4.69, 9.17) is 15.2 Å². The number of aliphatic hydroxyl groups is 1. The summed E-state index contributed by atoms with van der Waals surface area (Å²) >= 11 is 0. The van der Waals surface area contributed by atoms with Crippen LogP contribution in [-0.4, -0.2) is 54.4 Å². The summed E-state index contributed by atoms with van der Waals surface area (Å²) in [6.45, 7) is 1.41. The van der Waals surface area contributed by atoms with Crippen molar-refractivity contribution in [3.63, 3.8) is 0 Å². The number of hydrogen-bond donors (Lipinski definition) is 2. The number of nitrogen functional groups attached to an aromatic ring is 1. The van der Waals surface area contributed by atoms with E-state index < -0.39 is 0 Å². The quantitative estimate of drug-likeness (QED) is 0.460. The highest BCUT2D eigenvalue weighted by atomic mass is 16.5. The third-order valence-electron chi connectivity index (χ3n) is 6.83. The van der Waals surface area contributed by atoms with Crippen molar-refractivity contribution in [3.8, 4) is 22.7 Å². The van der Waals surface area contributed by atoms with Gasteiger partial charge in [0.2, 0.25) is 5.95 Å². The Hall–Kier alpha value is -3.92. The number of β-amino-alcohol motifs (C(OH)–C–C–N with tert-alkyl or cyclic N) is 1. The average molecular weight is 457 g/mol. The van der Waals surface area contributed by atoms with Gasteiger partial charge in [0, 0.05) is 43.4 Å². The van der Waals surface area contributed by atoms with Crippen LogP contribution >= 0.6 is 0 Å². The summed E-state index contributed by atoms with van der Waals surface area (Å²) in [7, 11) is 0. The summed E-state index contributed by atoms with van der Waals surface area (Å²) in [5.74, 6) is 2.20. The minimum absolute atomic E-state index is 0.237. The van der Waals surface area contributed by atoms with E-state index in [0.717, 1.165) is 60.4 Å². The predicted molar refractivity (Wildman–Crippen MR) is 125 cm³/mol. The normalized spacial score (nSPS) is 19.2. The summed E-state index contributed by atoms with van der Waals surface area (Å²) in [4.78, 5) is 24.1. The lowest BCUT2D eigenvalue weighted by Gasteiger charge is -2.39. The predicted octanol–water partition coefficient (Wildman–Crippen LogP) is 2.61. The Balaban J connectivity index is 1.24. The molecule has 1 saturated heterocycles. The van der Waals surface area contributed by atoms with E-state index in [0.29, 0.717) is 18.3 Å². The van der Waals surface area contributed by atoms with Gasteiger partial charge in [-0.1, -0.05) is 17.6 Å². The second kappa shape index (κ2) is 8.14. The van der Waals surface area contributed by atoms with Crippen LogP contribution in [-0.2, 0) is 5.41 Å². The third-order valence-corrected chi connectivity index (χ3v) is 6.83. The van der Waals surface area contributed by atoms with Gasteiger partial charge >= 0.3 is 0 Å². The molecule has 0 aromatic carbocycles. The molecule has 5 heterocycles. The third kappa shape index (κ3) is 3.56. The smallest absolute Gasteiger partial charge is 0.259 e. The van der Waals surface area contributed by atoms with Crippen LogP contribution in [0.1, 0.15) is 37.1 Å². The molecule has 4 aromatic rings. The number of nitrogens with zero attached hydrogens (tertiary/aromatic N) is 7. The zero-order chi connectivity index (χ0) is 23.1. The Morgan fingerprint density at radius 1 is 0.971 bits per heavy atom. The molecule has 1 atom stereocenters. The van der Waals surface area contributed by atoms with Gasteiger partial charge in [0.25, 0.3) is 5.89 Å². The highest BCUT2D eigenvalue weighted by Crippen LogP contribution is 2.48. The fraction of sp³-hybridized carbons (Fsp3) is 0.333. The Morgan fingerprint density at radius 3 is 2.41 bits per heavy atom. The van der Waals surface area contributed by atoms with Crippen molar-refractivity contribution in [3.05, 3.63) is 60.4 Å². The molecule has 0 unspecified atom stereocenters. The van der Waals surface area contributed by atoms with Gasteiger partial charge in [0.15, 0.2) is 5.82 Å². The van der Waals surface area contributed by atoms with Gasteiger partial charge in [-0.15, -0.1) is 0 Å². The molecule has 0 amide bonds. The van der Waals surface area contributed by atoms with Gasteiger partial charge in [-0.2, -0.15) is 4.98 Å². The maximum absolute atomic E-state index is 9.76. The van der Waals surface area contributed by atoms with Crippen LogP contribution in [0.2, 0.25) is 0 Å². The summed E-state index contributed by atoms with van der Waals surface area (Å²) in [6, 6.07) is 7.89. The molecular formula is C24H24N8O2. The van der Waals surface area contributed by atoms with Crippen LogP contribution in [0.5, 0.6) is 0 Å². The monoisotopic (exact) mass is 456 g/mol. The fourth-order valence-electron chi connectivity index (χ4n) is 4.67. The first kappa shape index (κ1) is 20.7. The molecule has 0 radical (unpaired) electrons. The molecule has 1 aliphatic carbocycles. The zero-order valence-electron chi connectivity index (χ0n) is 18.5. The fourth-order valence-corrected chi connectivity index (χ4v) is 4.67. The molecule has 10 heteroatoms. The Labute approximate surface area is 195 Å². The van der Waals surface area contributed by atoms with E-state index in [9.17, 15) is 5.11 Å². The SMILES string of the molecule is Nc1ncc(-c2ccc(C3(c4noc(-c5ccc(N6CC[C@@H](O)C6)nc5)n4)CCC3)cn2)cn1. The Morgan fingerprint density at radius 2 is 1.79 bits per heavy atom. The first-order chi connectivity index (χ1) is 16.6. The Kier molecular flexibility index (Phi) is 4.95. The molecule has 0 spiro atoms. The molecule has 1 saturated carbocycles. The van der Waals surface area contributed by atoms with Crippen LogP contribution < -0.4 is 10.6 Å². The lowest BCUT2D eigenvalue weighted by atomic mass is 9.64. The van der Waals surface area contributed by atoms with Gasteiger partial charge in [0.1, 0.15) is 5.82 Å². The molecule has 2 fully saturated rings. The molecule has 1 aliphatic heterocycles. The average Bonchev–Trinajstić information content (AvgIpc) is 3.50. The van der Waals surface area contributed by atoms with Crippen molar-refractivity contribution >= 4 is 11.8 Å². The minimum atomic E-state index is -0.302. The maximum Gasteiger partial charge on any atom is 0.259 e. The highest BCUT2D eigenvalue weighted by Gasteiger charge is 2.45. The summed E-state index contributed by atoms with van der Waals surface area (Å²) in [5, 5.41) is 14.1. The van der Waals surface area contributed by atoms with Crippen LogP contribution in [0, 0.1) is 0 Å². The zero-order valence-corrected chi connectivity index (χ0v) is 18.5. The standard InChI is InChI=1S/C24H24N8O2/c25-23-28-11-16(12-29-23)19-4-3-17(13-26-19)24(7-1-8-24)22-30-21(34-31-22)15-2-5-20(27-10-15)32-9-6-18(33)14-32/h2-5,10-13,18,33H,1,6-9,14H2,(H2,25,28,29)/t18-/m1/s1. The largest absolute Gasteiger partial charge is 0.391 e. The topological polar surface area (TPSA) is 140 Å². The number of anilines is 2. The second-order valence-corrected chi connectivity index (χ2v) is 8.91. The van der Waals surface area contributed by atoms with Crippen molar-refractivity contribution in [1.29, 1.82) is 0 Å². The van der Waals surface area contributed by atoms with E-state index >= 15 is 0 Å². The summed E-state index contributed by atoms with van der Waals surface area (Å²) in [5.41, 5.74) is 8.70. The van der Waals surface area contributed by atoms with Crippen molar-refractivity contribution in [2.75, 3.05) is 23.7 Å². The van der Waals surface area contributed by atoms with Gasteiger partial charge < -0.3 is 20.3 Å². The van der Waals surface area contributed by atoms with Gasteiger partial charge in [-0.05, 0) is 43.0 Å². The molecule has 0 bridgehead atoms. The lowest BCUT2D eigenvalue weighted by Crippen LogP contribution is -2.36. The number of pyridine rings is 2. The first-order valence-electron chi connectivity index (χ1n) is 11.4. The van der Waals surface area contributed by atoms with Crippen LogP contribution in [0.4, 0.5) is 11.8 Å². The van der Waals surface area contributed by atoms with E-state index in [2.05, 4.69) is 36.1 Å². The van der Waals surface area contributed by atoms with Crippen molar-refractivity contribution in [2.45, 2.75) is 37.2 Å². The van der Waals surface area contributed by atoms with E-state index in [1.165, 1.54) is 0 Å². The molecule has 34 heavy (non-hydrogen) atoms. The van der Waals surface area contributed by atoms with Crippen molar-refractivity contribution in [1.82, 2.24) is 30.1 Å². The van der Waals surface area contributed by atoms with Gasteiger partial charge in [-0.3, -0.25) is 4.98 Å². The minimum Gasteiger partial charge on any atom is -0.391 e. The molecule has 3 N–H and O–H groups in total. The molecule has 2 aliphatic rings. The number of rotatable bonds is 5. The molecular weight excluding hydrogens is 432 g/mol. The number of hydrogen-bond acceptors (Lipinski definition) is 10. The van der Waals surface area contributed by atoms with Gasteiger partial charge in [0.05, 0.1) is 22.8 Å². The molecule has 4 aromatic heterocycles. The molecule has 172 valence electrons. The highest BCUT2D eigenvalue weighted by molar-refractivity contribution is 5.58. The van der Waals surface area contributed by atoms with E-state index in [1.54, 1.807) is 18.6 Å². The summed E-state index contributed by atoms with van der Waals surface area (Å²) in [6.07, 6.45) is 10.4. The number of nitrogens with two attached hydrogens (primary N) is 1. The number of aromatic nitrogens is 6. The number of aliphatic hydroxyl groups excluding tert-OH is 1. The van der Waals surface area contributed by atoms with Crippen LogP contribution in [0.15, 0.2) is 53.6 Å². The van der Waals surface area contributed by atoms with Crippen molar-refractivity contribution in [2.24, 2.45) is 0 Å². The van der Waals surface area contributed by atoms with Crippen LogP contribution in [0.25, 0.3) is 22.7 Å². The Bertz CT molecular complexity index is 1280. The van der Waals surface area contributed by atoms with Crippen molar-refractivity contribution < 1.29 is 9.63 Å². The lowest BCUT2D eigenvalue weighted by molar-refractivity contribution is 0.198. The van der Waals surface area contributed by atoms with Crippen LogP contribution in [0.3, 0.4) is 0 Å². The van der Waals surface area contributed by atoms with E-state index in [1.807, 2.05) is 24.4 Å². The maximum atomic E-state index is 9.76. The summed E-state index contributed by atoms with van der Waals surface area (Å²) < 4.78 is 5.64. The second-order valence-electron chi connectivity index (χ2n) is 8.91. The molecule has 10 nitrogen and oxygen atoms in total. The first-order valence-corrected chi connectivity index (χ1v) is 11.4. The van der Waals surface area contributed by atoms with Gasteiger partial charge in [-0.25, -0.2) is 15.0 Å².